The van der Waals surface area contributed by atoms with E-state index in [0.717, 1.165) is 5.56 Å². The van der Waals surface area contributed by atoms with Crippen LogP contribution in [-0.2, 0) is 10.0 Å². The quantitative estimate of drug-likeness (QED) is 0.606. The van der Waals surface area contributed by atoms with E-state index in [1.807, 2.05) is 24.3 Å². The molecule has 2 aromatic rings. The molecule has 0 heterocycles. The molecule has 1 N–H and O–H groups in total. The molecule has 134 valence electrons. The van der Waals surface area contributed by atoms with Gasteiger partial charge in [0.05, 0.1) is 25.3 Å². The molecule has 0 saturated heterocycles. The van der Waals surface area contributed by atoms with Crippen molar-refractivity contribution >= 4 is 16.2 Å². The second-order valence-corrected chi connectivity index (χ2v) is 7.35. The first-order valence-electron chi connectivity index (χ1n) is 7.74. The van der Waals surface area contributed by atoms with E-state index in [1.54, 1.807) is 0 Å². The van der Waals surface area contributed by atoms with E-state index in [1.165, 1.54) is 44.2 Å². The first-order valence-corrected chi connectivity index (χ1v) is 9.22. The predicted octanol–water partition coefficient (Wildman–Crippen LogP) is 3.14. The van der Waals surface area contributed by atoms with Gasteiger partial charge in [0.25, 0.3) is 10.0 Å². The molecule has 2 aromatic carbocycles. The Hall–Kier alpha value is -2.54. The van der Waals surface area contributed by atoms with Gasteiger partial charge in [-0.05, 0) is 29.2 Å². The van der Waals surface area contributed by atoms with E-state index in [-0.39, 0.29) is 4.90 Å². The van der Waals surface area contributed by atoms with Crippen LogP contribution in [0.5, 0.6) is 11.5 Å². The Morgan fingerprint density at radius 1 is 1.00 bits per heavy atom. The number of hydrogen-bond acceptors (Lipinski definition) is 5. The molecule has 25 heavy (non-hydrogen) atoms. The van der Waals surface area contributed by atoms with Crippen LogP contribution in [0.25, 0.3) is 0 Å². The third-order valence-corrected chi connectivity index (χ3v) is 4.88. The lowest BCUT2D eigenvalue weighted by atomic mass is 10.0. The summed E-state index contributed by atoms with van der Waals surface area (Å²) in [6.07, 6.45) is 1.46. The van der Waals surface area contributed by atoms with Gasteiger partial charge in [0.1, 0.15) is 0 Å². The number of ether oxygens (including phenoxy) is 2. The van der Waals surface area contributed by atoms with Gasteiger partial charge in [0.2, 0.25) is 0 Å². The van der Waals surface area contributed by atoms with Gasteiger partial charge in [-0.3, -0.25) is 0 Å². The molecule has 7 heteroatoms. The fourth-order valence-electron chi connectivity index (χ4n) is 2.17. The Morgan fingerprint density at radius 3 is 2.20 bits per heavy atom. The lowest BCUT2D eigenvalue weighted by Gasteiger charge is -2.09. The second kappa shape index (κ2) is 8.02. The zero-order chi connectivity index (χ0) is 18.4. The first-order chi connectivity index (χ1) is 11.9. The minimum absolute atomic E-state index is 0.0393. The third-order valence-electron chi connectivity index (χ3n) is 3.65. The van der Waals surface area contributed by atoms with Crippen molar-refractivity contribution in [2.24, 2.45) is 5.10 Å². The SMILES string of the molecule is COc1ccc(S(=O)(=O)N/N=C/c2ccc(C(C)C)cc2)cc1OC. The first kappa shape index (κ1) is 18.8. The summed E-state index contributed by atoms with van der Waals surface area (Å²) in [4.78, 5) is 2.23. The van der Waals surface area contributed by atoms with Crippen molar-refractivity contribution in [1.82, 2.24) is 4.83 Å². The van der Waals surface area contributed by atoms with Gasteiger partial charge in [-0.1, -0.05) is 38.1 Å². The van der Waals surface area contributed by atoms with Crippen LogP contribution in [0.4, 0.5) is 0 Å². The van der Waals surface area contributed by atoms with Gasteiger partial charge in [0.15, 0.2) is 11.5 Å². The molecule has 0 aromatic heterocycles. The number of sulfonamides is 1. The monoisotopic (exact) mass is 362 g/mol. The highest BCUT2D eigenvalue weighted by Gasteiger charge is 2.16. The van der Waals surface area contributed by atoms with E-state index in [4.69, 9.17) is 9.47 Å². The molecule has 0 amide bonds. The smallest absolute Gasteiger partial charge is 0.276 e. The molecule has 0 aliphatic carbocycles. The van der Waals surface area contributed by atoms with E-state index < -0.39 is 10.0 Å². The fourth-order valence-corrected chi connectivity index (χ4v) is 2.98. The van der Waals surface area contributed by atoms with Crippen molar-refractivity contribution in [3.63, 3.8) is 0 Å². The van der Waals surface area contributed by atoms with Gasteiger partial charge in [-0.2, -0.15) is 13.5 Å². The van der Waals surface area contributed by atoms with E-state index in [0.29, 0.717) is 17.4 Å². The van der Waals surface area contributed by atoms with E-state index in [2.05, 4.69) is 23.8 Å². The lowest BCUT2D eigenvalue weighted by Crippen LogP contribution is -2.18. The van der Waals surface area contributed by atoms with Crippen LogP contribution in [-0.4, -0.2) is 28.9 Å². The lowest BCUT2D eigenvalue weighted by molar-refractivity contribution is 0.354. The third kappa shape index (κ3) is 4.73. The van der Waals surface area contributed by atoms with Gasteiger partial charge in [0, 0.05) is 6.07 Å². The summed E-state index contributed by atoms with van der Waals surface area (Å²) in [7, 11) is -0.863. The molecule has 0 atom stereocenters. The Labute approximate surface area is 148 Å². The molecule has 0 aliphatic rings. The summed E-state index contributed by atoms with van der Waals surface area (Å²) >= 11 is 0. The maximum atomic E-state index is 12.3. The Kier molecular flexibility index (Phi) is 6.03. The summed E-state index contributed by atoms with van der Waals surface area (Å²) in [5.41, 5.74) is 2.02. The highest BCUT2D eigenvalue weighted by molar-refractivity contribution is 7.89. The highest BCUT2D eigenvalue weighted by Crippen LogP contribution is 2.29. The summed E-state index contributed by atoms with van der Waals surface area (Å²) in [6.45, 7) is 4.22. The van der Waals surface area contributed by atoms with Crippen molar-refractivity contribution < 1.29 is 17.9 Å². The average Bonchev–Trinajstić information content (AvgIpc) is 2.61. The van der Waals surface area contributed by atoms with E-state index in [9.17, 15) is 8.42 Å². The molecule has 0 aliphatic heterocycles. The number of rotatable bonds is 7. The van der Waals surface area contributed by atoms with Crippen LogP contribution >= 0.6 is 0 Å². The Bertz CT molecular complexity index is 844. The molecular weight excluding hydrogens is 340 g/mol. The average molecular weight is 362 g/mol. The summed E-state index contributed by atoms with van der Waals surface area (Å²) in [6, 6.07) is 12.1. The zero-order valence-electron chi connectivity index (χ0n) is 14.7. The fraction of sp³-hybridized carbons (Fsp3) is 0.278. The zero-order valence-corrected chi connectivity index (χ0v) is 15.5. The molecule has 6 nitrogen and oxygen atoms in total. The van der Waals surface area contributed by atoms with Crippen LogP contribution < -0.4 is 14.3 Å². The van der Waals surface area contributed by atoms with Crippen molar-refractivity contribution in [2.75, 3.05) is 14.2 Å². The van der Waals surface area contributed by atoms with E-state index >= 15 is 0 Å². The molecular formula is C18H22N2O4S. The minimum atomic E-state index is -3.79. The van der Waals surface area contributed by atoms with Crippen LogP contribution in [0.1, 0.15) is 30.9 Å². The number of nitrogens with zero attached hydrogens (tertiary/aromatic N) is 1. The molecule has 0 saturated carbocycles. The summed E-state index contributed by atoms with van der Waals surface area (Å²) in [5, 5.41) is 3.83. The molecule has 0 spiro atoms. The number of benzene rings is 2. The molecule has 0 fully saturated rings. The van der Waals surface area contributed by atoms with Crippen LogP contribution in [0.15, 0.2) is 52.5 Å². The molecule has 0 radical (unpaired) electrons. The molecule has 0 unspecified atom stereocenters. The summed E-state index contributed by atoms with van der Waals surface area (Å²) < 4.78 is 34.8. The van der Waals surface area contributed by atoms with Crippen molar-refractivity contribution in [1.29, 1.82) is 0 Å². The molecule has 2 rings (SSSR count). The van der Waals surface area contributed by atoms with Gasteiger partial charge in [-0.25, -0.2) is 4.83 Å². The van der Waals surface area contributed by atoms with Crippen LogP contribution in [0.3, 0.4) is 0 Å². The largest absolute Gasteiger partial charge is 0.493 e. The predicted molar refractivity (Wildman–Crippen MR) is 98.0 cm³/mol. The van der Waals surface area contributed by atoms with Crippen molar-refractivity contribution in [3.8, 4) is 11.5 Å². The van der Waals surface area contributed by atoms with Gasteiger partial charge >= 0.3 is 0 Å². The van der Waals surface area contributed by atoms with Crippen molar-refractivity contribution in [2.45, 2.75) is 24.7 Å². The van der Waals surface area contributed by atoms with Crippen molar-refractivity contribution in [3.05, 3.63) is 53.6 Å². The molecule has 0 bridgehead atoms. The van der Waals surface area contributed by atoms with Crippen LogP contribution in [0.2, 0.25) is 0 Å². The number of hydrogen-bond donors (Lipinski definition) is 1. The number of methoxy groups -OCH3 is 2. The number of nitrogens with one attached hydrogen (secondary N) is 1. The topological polar surface area (TPSA) is 77.0 Å². The van der Waals surface area contributed by atoms with Gasteiger partial charge < -0.3 is 9.47 Å². The van der Waals surface area contributed by atoms with Crippen LogP contribution in [0, 0.1) is 0 Å². The highest BCUT2D eigenvalue weighted by atomic mass is 32.2. The second-order valence-electron chi connectivity index (χ2n) is 5.69. The Morgan fingerprint density at radius 2 is 1.64 bits per heavy atom. The minimum Gasteiger partial charge on any atom is -0.493 e. The Balaban J connectivity index is 2.13. The van der Waals surface area contributed by atoms with Gasteiger partial charge in [-0.15, -0.1) is 0 Å². The standard InChI is InChI=1S/C18H22N2O4S/c1-13(2)15-7-5-14(6-8-15)12-19-20-25(21,22)16-9-10-17(23-3)18(11-16)24-4/h5-13,20H,1-4H3/b19-12+. The normalized spacial score (nSPS) is 11.7. The maximum Gasteiger partial charge on any atom is 0.276 e. The maximum absolute atomic E-state index is 12.3. The number of hydrazone groups is 1. The summed E-state index contributed by atoms with van der Waals surface area (Å²) in [5.74, 6) is 1.23.